The zero-order valence-electron chi connectivity index (χ0n) is 15.8. The number of rotatable bonds is 7. The first-order valence-corrected chi connectivity index (χ1v) is 8.98. The Hall–Kier alpha value is -2.42. The molecule has 0 spiro atoms. The molecule has 0 bridgehead atoms. The first-order chi connectivity index (χ1) is 13.3. The number of hydrogen-bond acceptors (Lipinski definition) is 2. The third-order valence-electron chi connectivity index (χ3n) is 4.27. The van der Waals surface area contributed by atoms with E-state index in [0.29, 0.717) is 24.6 Å². The van der Waals surface area contributed by atoms with Crippen molar-refractivity contribution in [3.63, 3.8) is 0 Å². The highest BCUT2D eigenvalue weighted by molar-refractivity contribution is 14.0. The smallest absolute Gasteiger partial charge is 0.191 e. The molecule has 0 aliphatic heterocycles. The van der Waals surface area contributed by atoms with Gasteiger partial charge in [-0.05, 0) is 11.6 Å². The maximum Gasteiger partial charge on any atom is 0.191 e. The molecule has 3 aromatic rings. The van der Waals surface area contributed by atoms with Gasteiger partial charge in [-0.3, -0.25) is 4.99 Å². The second kappa shape index (κ2) is 11.4. The fourth-order valence-electron chi connectivity index (χ4n) is 2.83. The summed E-state index contributed by atoms with van der Waals surface area (Å²) in [6, 6.07) is 17.0. The number of benzene rings is 2. The van der Waals surface area contributed by atoms with Crippen LogP contribution in [0.3, 0.4) is 0 Å². The summed E-state index contributed by atoms with van der Waals surface area (Å²) in [4.78, 5) is 8.64. The van der Waals surface area contributed by atoms with E-state index >= 15 is 0 Å². The van der Waals surface area contributed by atoms with E-state index in [2.05, 4.69) is 37.3 Å². The van der Waals surface area contributed by atoms with E-state index in [1.807, 2.05) is 36.7 Å². The molecule has 5 nitrogen and oxygen atoms in total. The Labute approximate surface area is 182 Å². The summed E-state index contributed by atoms with van der Waals surface area (Å²) in [5.41, 5.74) is 1.85. The second-order valence-corrected chi connectivity index (χ2v) is 6.15. The van der Waals surface area contributed by atoms with Crippen molar-refractivity contribution in [1.29, 1.82) is 0 Å². The van der Waals surface area contributed by atoms with Crippen LogP contribution in [0.2, 0.25) is 0 Å². The molecule has 0 amide bonds. The van der Waals surface area contributed by atoms with E-state index in [1.165, 1.54) is 11.6 Å². The van der Waals surface area contributed by atoms with Crippen LogP contribution in [0.25, 0.3) is 0 Å². The average molecular weight is 493 g/mol. The summed E-state index contributed by atoms with van der Waals surface area (Å²) in [7, 11) is 1.70. The van der Waals surface area contributed by atoms with E-state index in [0.717, 1.165) is 18.8 Å². The fraction of sp³-hybridized carbons (Fsp3) is 0.238. The Bertz CT molecular complexity index is 879. The number of hydrogen-bond donors (Lipinski definition) is 2. The standard InChI is InChI=1S/C21H24FN5.HI/c1-23-21(26-15-18-9-5-6-10-19(18)22)25-12-11-20-24-13-14-27(20)16-17-7-3-2-4-8-17;/h2-10,13-14H,11-12,15-16H2,1H3,(H2,23,25,26);1H. The Balaban J connectivity index is 0.00000280. The molecule has 0 saturated carbocycles. The van der Waals surface area contributed by atoms with Crippen molar-refractivity contribution in [3.8, 4) is 0 Å². The largest absolute Gasteiger partial charge is 0.356 e. The van der Waals surface area contributed by atoms with Gasteiger partial charge in [0.05, 0.1) is 0 Å². The molecule has 0 aliphatic carbocycles. The molecule has 0 aliphatic rings. The highest BCUT2D eigenvalue weighted by Crippen LogP contribution is 2.06. The Morgan fingerprint density at radius 1 is 1.07 bits per heavy atom. The summed E-state index contributed by atoms with van der Waals surface area (Å²) in [5.74, 6) is 1.43. The van der Waals surface area contributed by atoms with Crippen LogP contribution in [0.1, 0.15) is 17.0 Å². The number of guanidine groups is 1. The van der Waals surface area contributed by atoms with Crippen molar-refractivity contribution < 1.29 is 4.39 Å². The molecule has 3 rings (SSSR count). The van der Waals surface area contributed by atoms with Gasteiger partial charge in [0, 0.05) is 51.1 Å². The van der Waals surface area contributed by atoms with E-state index in [1.54, 1.807) is 19.2 Å². The lowest BCUT2D eigenvalue weighted by Gasteiger charge is -2.13. The third kappa shape index (κ3) is 6.33. The number of aliphatic imine (C=N–C) groups is 1. The lowest BCUT2D eigenvalue weighted by molar-refractivity contribution is 0.604. The molecule has 0 atom stereocenters. The number of halogens is 2. The van der Waals surface area contributed by atoms with E-state index in [-0.39, 0.29) is 29.8 Å². The third-order valence-corrected chi connectivity index (χ3v) is 4.27. The van der Waals surface area contributed by atoms with Crippen molar-refractivity contribution >= 4 is 29.9 Å². The van der Waals surface area contributed by atoms with Gasteiger partial charge in [0.15, 0.2) is 5.96 Å². The molecule has 2 N–H and O–H groups in total. The number of nitrogens with zero attached hydrogens (tertiary/aromatic N) is 3. The maximum absolute atomic E-state index is 13.7. The van der Waals surface area contributed by atoms with Crippen LogP contribution >= 0.6 is 24.0 Å². The predicted octanol–water partition coefficient (Wildman–Crippen LogP) is 3.60. The number of aromatic nitrogens is 2. The van der Waals surface area contributed by atoms with Gasteiger partial charge in [0.1, 0.15) is 11.6 Å². The fourth-order valence-corrected chi connectivity index (χ4v) is 2.83. The average Bonchev–Trinajstić information content (AvgIpc) is 3.13. The first kappa shape index (κ1) is 21.9. The van der Waals surface area contributed by atoms with Crippen LogP contribution in [-0.2, 0) is 19.5 Å². The Kier molecular flexibility index (Phi) is 8.93. The van der Waals surface area contributed by atoms with Crippen molar-refractivity contribution in [3.05, 3.63) is 89.8 Å². The van der Waals surface area contributed by atoms with Crippen LogP contribution < -0.4 is 10.6 Å². The Morgan fingerprint density at radius 3 is 2.57 bits per heavy atom. The minimum absolute atomic E-state index is 0. The molecule has 0 radical (unpaired) electrons. The summed E-state index contributed by atoms with van der Waals surface area (Å²) in [6.07, 6.45) is 4.58. The molecule has 1 aromatic heterocycles. The molecule has 0 unspecified atom stereocenters. The quantitative estimate of drug-likeness (QED) is 0.301. The molecular weight excluding hydrogens is 468 g/mol. The predicted molar refractivity (Wildman–Crippen MR) is 121 cm³/mol. The molecule has 1 heterocycles. The highest BCUT2D eigenvalue weighted by atomic mass is 127. The van der Waals surface area contributed by atoms with Crippen LogP contribution in [-0.4, -0.2) is 29.1 Å². The summed E-state index contributed by atoms with van der Waals surface area (Å²) >= 11 is 0. The van der Waals surface area contributed by atoms with E-state index < -0.39 is 0 Å². The summed E-state index contributed by atoms with van der Waals surface area (Å²) in [6.45, 7) is 1.87. The SMILES string of the molecule is CN=C(NCCc1nccn1Cc1ccccc1)NCc1ccccc1F.I. The van der Waals surface area contributed by atoms with Crippen LogP contribution in [0.4, 0.5) is 4.39 Å². The lowest BCUT2D eigenvalue weighted by atomic mass is 10.2. The molecule has 0 fully saturated rings. The monoisotopic (exact) mass is 493 g/mol. The van der Waals surface area contributed by atoms with Crippen molar-refractivity contribution in [2.75, 3.05) is 13.6 Å². The molecule has 0 saturated heterocycles. The van der Waals surface area contributed by atoms with Crippen molar-refractivity contribution in [2.24, 2.45) is 4.99 Å². The van der Waals surface area contributed by atoms with E-state index in [4.69, 9.17) is 0 Å². The lowest BCUT2D eigenvalue weighted by Crippen LogP contribution is -2.38. The molecule has 28 heavy (non-hydrogen) atoms. The van der Waals surface area contributed by atoms with Gasteiger partial charge in [-0.15, -0.1) is 24.0 Å². The van der Waals surface area contributed by atoms with Gasteiger partial charge in [0.25, 0.3) is 0 Å². The van der Waals surface area contributed by atoms with Gasteiger partial charge < -0.3 is 15.2 Å². The van der Waals surface area contributed by atoms with Crippen LogP contribution in [0.5, 0.6) is 0 Å². The van der Waals surface area contributed by atoms with Gasteiger partial charge in [-0.2, -0.15) is 0 Å². The van der Waals surface area contributed by atoms with Gasteiger partial charge in [0.2, 0.25) is 0 Å². The van der Waals surface area contributed by atoms with Gasteiger partial charge >= 0.3 is 0 Å². The zero-order valence-corrected chi connectivity index (χ0v) is 18.1. The van der Waals surface area contributed by atoms with E-state index in [9.17, 15) is 4.39 Å². The highest BCUT2D eigenvalue weighted by Gasteiger charge is 2.06. The van der Waals surface area contributed by atoms with Gasteiger partial charge in [-0.25, -0.2) is 9.37 Å². The van der Waals surface area contributed by atoms with Crippen molar-refractivity contribution in [2.45, 2.75) is 19.5 Å². The number of imidazole rings is 1. The van der Waals surface area contributed by atoms with Crippen LogP contribution in [0.15, 0.2) is 72.0 Å². The maximum atomic E-state index is 13.7. The van der Waals surface area contributed by atoms with Crippen molar-refractivity contribution in [1.82, 2.24) is 20.2 Å². The molecule has 7 heteroatoms. The minimum Gasteiger partial charge on any atom is -0.356 e. The second-order valence-electron chi connectivity index (χ2n) is 6.15. The van der Waals surface area contributed by atoms with Crippen LogP contribution in [0, 0.1) is 5.82 Å². The minimum atomic E-state index is -0.219. The van der Waals surface area contributed by atoms with Gasteiger partial charge in [-0.1, -0.05) is 48.5 Å². The topological polar surface area (TPSA) is 54.2 Å². The zero-order chi connectivity index (χ0) is 18.9. The molecular formula is C21H25FIN5. The summed E-state index contributed by atoms with van der Waals surface area (Å²) in [5, 5.41) is 6.38. The molecule has 148 valence electrons. The normalized spacial score (nSPS) is 11.0. The molecule has 2 aromatic carbocycles. The summed E-state index contributed by atoms with van der Waals surface area (Å²) < 4.78 is 15.8. The number of nitrogens with one attached hydrogen (secondary N) is 2. The first-order valence-electron chi connectivity index (χ1n) is 8.98. The Morgan fingerprint density at radius 2 is 1.82 bits per heavy atom.